The molecule has 22 heavy (non-hydrogen) atoms. The first kappa shape index (κ1) is 16.6. The summed E-state index contributed by atoms with van der Waals surface area (Å²) in [6.45, 7) is 0.473. The van der Waals surface area contributed by atoms with Crippen molar-refractivity contribution in [1.29, 1.82) is 0 Å². The number of sulfonamides is 1. The molecule has 0 amide bonds. The third-order valence-electron chi connectivity index (χ3n) is 3.48. The minimum absolute atomic E-state index is 0.0425. The highest BCUT2D eigenvalue weighted by Crippen LogP contribution is 2.30. The van der Waals surface area contributed by atoms with Gasteiger partial charge in [0, 0.05) is 38.7 Å². The first-order chi connectivity index (χ1) is 10.2. The number of alkyl halides is 1. The second kappa shape index (κ2) is 6.15. The number of hydrogen-bond acceptors (Lipinski definition) is 6. The molecule has 10 heteroatoms. The van der Waals surface area contributed by atoms with Crippen molar-refractivity contribution in [1.82, 2.24) is 0 Å². The van der Waals surface area contributed by atoms with Crippen molar-refractivity contribution in [3.05, 3.63) is 28.3 Å². The minimum atomic E-state index is -4.05. The number of ether oxygens (including phenoxy) is 1. The highest BCUT2D eigenvalue weighted by Gasteiger charge is 2.32. The average Bonchev–Trinajstić information content (AvgIpc) is 2.44. The van der Waals surface area contributed by atoms with Gasteiger partial charge in [-0.25, -0.2) is 17.9 Å². The summed E-state index contributed by atoms with van der Waals surface area (Å²) >= 11 is 0. The van der Waals surface area contributed by atoms with E-state index in [4.69, 9.17) is 9.88 Å². The van der Waals surface area contributed by atoms with Crippen LogP contribution in [-0.2, 0) is 14.8 Å². The molecule has 122 valence electrons. The maximum absolute atomic E-state index is 14.4. The van der Waals surface area contributed by atoms with Crippen LogP contribution in [0.25, 0.3) is 0 Å². The summed E-state index contributed by atoms with van der Waals surface area (Å²) in [6.07, 6.45) is 0.395. The van der Waals surface area contributed by atoms with Crippen LogP contribution in [0.4, 0.5) is 15.8 Å². The molecule has 0 atom stereocenters. The predicted molar refractivity (Wildman–Crippen MR) is 76.9 cm³/mol. The van der Waals surface area contributed by atoms with Crippen LogP contribution in [0.15, 0.2) is 23.1 Å². The van der Waals surface area contributed by atoms with Gasteiger partial charge in [0.1, 0.15) is 11.4 Å². The summed E-state index contributed by atoms with van der Waals surface area (Å²) in [4.78, 5) is 9.93. The molecule has 0 aromatic heterocycles. The van der Waals surface area contributed by atoms with E-state index in [1.54, 1.807) is 0 Å². The highest BCUT2D eigenvalue weighted by atomic mass is 32.2. The zero-order valence-electron chi connectivity index (χ0n) is 11.6. The molecule has 0 saturated carbocycles. The van der Waals surface area contributed by atoms with E-state index in [0.29, 0.717) is 13.2 Å². The van der Waals surface area contributed by atoms with Gasteiger partial charge in [0.15, 0.2) is 0 Å². The summed E-state index contributed by atoms with van der Waals surface area (Å²) in [5.41, 5.74) is -1.94. The Hall–Kier alpha value is -1.78. The van der Waals surface area contributed by atoms with Gasteiger partial charge in [-0.1, -0.05) is 0 Å². The van der Waals surface area contributed by atoms with E-state index in [2.05, 4.69) is 5.32 Å². The lowest BCUT2D eigenvalue weighted by Crippen LogP contribution is -2.38. The van der Waals surface area contributed by atoms with Crippen molar-refractivity contribution in [2.24, 2.45) is 5.14 Å². The van der Waals surface area contributed by atoms with Crippen molar-refractivity contribution in [3.63, 3.8) is 0 Å². The Labute approximate surface area is 126 Å². The summed E-state index contributed by atoms with van der Waals surface area (Å²) in [6, 6.07) is 3.20. The Bertz CT molecular complexity index is 673. The highest BCUT2D eigenvalue weighted by molar-refractivity contribution is 7.89. The number of hydrogen-bond donors (Lipinski definition) is 2. The molecule has 1 fully saturated rings. The summed E-state index contributed by atoms with van der Waals surface area (Å²) < 4.78 is 42.0. The number of anilines is 1. The molecule has 0 unspecified atom stereocenters. The van der Waals surface area contributed by atoms with Gasteiger partial charge < -0.3 is 10.1 Å². The topological polar surface area (TPSA) is 125 Å². The maximum Gasteiger partial charge on any atom is 0.293 e. The fourth-order valence-corrected chi connectivity index (χ4v) is 2.69. The van der Waals surface area contributed by atoms with E-state index in [9.17, 15) is 22.9 Å². The van der Waals surface area contributed by atoms with Crippen molar-refractivity contribution in [2.75, 3.05) is 25.1 Å². The molecule has 0 bridgehead atoms. The van der Waals surface area contributed by atoms with Gasteiger partial charge in [-0.3, -0.25) is 10.1 Å². The number of halogens is 1. The fraction of sp³-hybridized carbons (Fsp3) is 0.500. The Morgan fingerprint density at radius 3 is 2.59 bits per heavy atom. The van der Waals surface area contributed by atoms with Crippen LogP contribution in [-0.4, -0.2) is 38.8 Å². The van der Waals surface area contributed by atoms with Crippen LogP contribution in [0.3, 0.4) is 0 Å². The molecule has 1 saturated heterocycles. The molecule has 0 spiro atoms. The first-order valence-electron chi connectivity index (χ1n) is 6.53. The number of nitro benzene ring substituents is 1. The maximum atomic E-state index is 14.4. The van der Waals surface area contributed by atoms with E-state index >= 15 is 0 Å². The van der Waals surface area contributed by atoms with Crippen molar-refractivity contribution in [3.8, 4) is 0 Å². The summed E-state index contributed by atoms with van der Waals surface area (Å²) in [5, 5.41) is 18.7. The third kappa shape index (κ3) is 3.90. The number of rotatable bonds is 5. The molecule has 1 heterocycles. The normalized spacial score (nSPS) is 17.9. The van der Waals surface area contributed by atoms with Crippen molar-refractivity contribution >= 4 is 21.4 Å². The van der Waals surface area contributed by atoms with E-state index in [0.717, 1.165) is 12.1 Å². The van der Waals surface area contributed by atoms with E-state index in [1.807, 2.05) is 0 Å². The van der Waals surface area contributed by atoms with Crippen LogP contribution in [0.5, 0.6) is 0 Å². The lowest BCUT2D eigenvalue weighted by molar-refractivity contribution is -0.384. The van der Waals surface area contributed by atoms with Crippen molar-refractivity contribution in [2.45, 2.75) is 23.4 Å². The van der Waals surface area contributed by atoms with E-state index in [1.165, 1.54) is 6.07 Å². The van der Waals surface area contributed by atoms with Gasteiger partial charge in [-0.15, -0.1) is 0 Å². The quantitative estimate of drug-likeness (QED) is 0.615. The van der Waals surface area contributed by atoms with Crippen LogP contribution < -0.4 is 10.5 Å². The van der Waals surface area contributed by atoms with Crippen LogP contribution in [0, 0.1) is 10.1 Å². The molecule has 1 aromatic rings. The number of nitrogens with two attached hydrogens (primary N) is 1. The molecule has 3 N–H and O–H groups in total. The average molecular weight is 333 g/mol. The molecule has 1 aliphatic heterocycles. The predicted octanol–water partition coefficient (Wildman–Crippen LogP) is 1.17. The molecule has 1 aliphatic rings. The lowest BCUT2D eigenvalue weighted by Gasteiger charge is -2.29. The molecule has 0 radical (unpaired) electrons. The molecular formula is C12H16FN3O5S. The second-order valence-electron chi connectivity index (χ2n) is 5.10. The number of benzene rings is 1. The number of nitrogens with one attached hydrogen (secondary N) is 1. The Morgan fingerprint density at radius 1 is 1.41 bits per heavy atom. The van der Waals surface area contributed by atoms with Gasteiger partial charge in [0.25, 0.3) is 5.69 Å². The van der Waals surface area contributed by atoms with E-state index in [-0.39, 0.29) is 30.0 Å². The standard InChI is InChI=1S/C12H16FN3O5S/c13-12(3-5-21-6-4-12)8-15-10-2-1-9(22(14,19)20)7-11(10)16(17)18/h1-2,7,15H,3-6,8H2,(H2,14,19,20). The summed E-state index contributed by atoms with van der Waals surface area (Å²) in [5.74, 6) is 0. The molecular weight excluding hydrogens is 317 g/mol. The van der Waals surface area contributed by atoms with E-state index < -0.39 is 26.3 Å². The minimum Gasteiger partial charge on any atom is -0.381 e. The Morgan fingerprint density at radius 2 is 2.05 bits per heavy atom. The Kier molecular flexibility index (Phi) is 4.63. The SMILES string of the molecule is NS(=O)(=O)c1ccc(NCC2(F)CCOCC2)c([N+](=O)[O-])c1. The van der Waals surface area contributed by atoms with Crippen LogP contribution in [0.2, 0.25) is 0 Å². The number of primary sulfonamides is 1. The largest absolute Gasteiger partial charge is 0.381 e. The zero-order chi connectivity index (χ0) is 16.4. The Balaban J connectivity index is 2.21. The van der Waals surface area contributed by atoms with Gasteiger partial charge in [0.2, 0.25) is 10.0 Å². The second-order valence-corrected chi connectivity index (χ2v) is 6.66. The summed E-state index contributed by atoms with van der Waals surface area (Å²) in [7, 11) is -4.05. The number of nitro groups is 1. The molecule has 1 aromatic carbocycles. The third-order valence-corrected chi connectivity index (χ3v) is 4.39. The van der Waals surface area contributed by atoms with Crippen molar-refractivity contribution < 1.29 is 22.5 Å². The lowest BCUT2D eigenvalue weighted by atomic mass is 9.96. The van der Waals surface area contributed by atoms with Crippen LogP contribution >= 0.6 is 0 Å². The first-order valence-corrected chi connectivity index (χ1v) is 8.08. The molecule has 8 nitrogen and oxygen atoms in total. The fourth-order valence-electron chi connectivity index (χ4n) is 2.16. The molecule has 0 aliphatic carbocycles. The number of nitrogens with zero attached hydrogens (tertiary/aromatic N) is 1. The van der Waals surface area contributed by atoms with Crippen LogP contribution in [0.1, 0.15) is 12.8 Å². The zero-order valence-corrected chi connectivity index (χ0v) is 12.4. The monoisotopic (exact) mass is 333 g/mol. The molecule has 2 rings (SSSR count). The van der Waals surface area contributed by atoms with Gasteiger partial charge >= 0.3 is 0 Å². The van der Waals surface area contributed by atoms with Gasteiger partial charge in [-0.05, 0) is 12.1 Å². The van der Waals surface area contributed by atoms with Gasteiger partial charge in [-0.2, -0.15) is 0 Å². The smallest absolute Gasteiger partial charge is 0.293 e. The van der Waals surface area contributed by atoms with Gasteiger partial charge in [0.05, 0.1) is 9.82 Å².